The van der Waals surface area contributed by atoms with Crippen LogP contribution >= 0.6 is 0 Å². The van der Waals surface area contributed by atoms with Gasteiger partial charge in [-0.2, -0.15) is 0 Å². The third kappa shape index (κ3) is 18.2. The van der Waals surface area contributed by atoms with Crippen molar-refractivity contribution in [3.63, 3.8) is 0 Å². The fourth-order valence-electron chi connectivity index (χ4n) is 20.1. The molecule has 6 aromatic carbocycles. The maximum atomic E-state index is 15.6. The van der Waals surface area contributed by atoms with E-state index in [1.165, 1.54) is 73.2 Å². The molecule has 3 saturated carbocycles. The van der Waals surface area contributed by atoms with Crippen LogP contribution in [-0.2, 0) is 85.4 Å². The molecule has 4 aliphatic carbocycles. The highest BCUT2D eigenvalue weighted by molar-refractivity contribution is 5.93. The molecule has 24 nitrogen and oxygen atoms in total. The van der Waals surface area contributed by atoms with E-state index in [0.717, 1.165) is 38.5 Å². The lowest BCUT2D eigenvalue weighted by Gasteiger charge is -2.59. The molecule has 121 heavy (non-hydrogen) atoms. The maximum absolute atomic E-state index is 15.6. The van der Waals surface area contributed by atoms with Crippen molar-refractivity contribution in [2.45, 2.75) is 251 Å². The minimum atomic E-state index is -1.96. The van der Waals surface area contributed by atoms with Crippen molar-refractivity contribution in [1.29, 1.82) is 0 Å². The standard InChI is InChI=1S/C97H112O24/c1-55-45-50-97(107-53-55)56(2)72-70(121-97)52-69-67-44-43-65-51-66(46-48-95(65,11)68(67)47-49-96(69,72)12)110-90-81(119-89-80(117-87(103)64-41-29-18-30-42-64)77(115-85(101)62-37-25-16-26-38-62)74(58(4)109-89)113-83(99)60-33-21-14-22-34-60)78(120-92(105)94(8,9)10)75(71(111-90)54-106-91(104)93(5,6)7)118-88-79(116-86(102)63-39-27-17-28-40-63)76(114-84(100)61-35-23-15-24-36-61)73(57(3)108-88)112-82(98)59-31-19-13-20-32-59/h13-43,55-58,66-81,88-90H,44-54H2,1-12H3/t55-,56+,57+,58+,66+,67-,68+,69+,70+,71-,72+,73+,74+,75-,76-,77-,78+,79-,80-,81-,88+,89+,90-,95+,96+,97-/m1/s1. The molecule has 644 valence electrons. The Morgan fingerprint density at radius 1 is 0.421 bits per heavy atom. The van der Waals surface area contributed by atoms with Crippen LogP contribution in [0.2, 0.25) is 0 Å². The molecule has 8 fully saturated rings. The van der Waals surface area contributed by atoms with Crippen molar-refractivity contribution in [3.05, 3.63) is 227 Å². The number of hydrogen-bond acceptors (Lipinski definition) is 24. The van der Waals surface area contributed by atoms with E-state index in [-0.39, 0.29) is 56.2 Å². The van der Waals surface area contributed by atoms with Gasteiger partial charge in [-0.05, 0) is 220 Å². The van der Waals surface area contributed by atoms with Crippen molar-refractivity contribution in [2.24, 2.45) is 57.2 Å². The number of allylic oxidation sites excluding steroid dienone is 1. The summed E-state index contributed by atoms with van der Waals surface area (Å²) in [6, 6.07) is 48.1. The van der Waals surface area contributed by atoms with E-state index in [0.29, 0.717) is 55.5 Å². The summed E-state index contributed by atoms with van der Waals surface area (Å²) in [5.74, 6) is -5.35. The first kappa shape index (κ1) is 86.4. The molecule has 0 N–H and O–H groups in total. The zero-order valence-electron chi connectivity index (χ0n) is 70.8. The summed E-state index contributed by atoms with van der Waals surface area (Å²) in [4.78, 5) is 119. The Kier molecular flexibility index (Phi) is 25.5. The highest BCUT2D eigenvalue weighted by Gasteiger charge is 2.70. The molecule has 5 heterocycles. The van der Waals surface area contributed by atoms with Crippen LogP contribution in [0.3, 0.4) is 0 Å². The van der Waals surface area contributed by atoms with E-state index in [4.69, 9.17) is 75.8 Å². The van der Waals surface area contributed by atoms with E-state index in [2.05, 4.69) is 33.8 Å². The van der Waals surface area contributed by atoms with E-state index in [9.17, 15) is 24.0 Å². The zero-order valence-corrected chi connectivity index (χ0v) is 70.8. The fraction of sp³-hybridized carbons (Fsp3) is 0.526. The first-order valence-corrected chi connectivity index (χ1v) is 42.8. The fourth-order valence-corrected chi connectivity index (χ4v) is 20.1. The van der Waals surface area contributed by atoms with Crippen LogP contribution in [0.5, 0.6) is 0 Å². The molecule has 0 unspecified atom stereocenters. The molecule has 5 aliphatic heterocycles. The lowest BCUT2D eigenvalue weighted by atomic mass is 9.47. The van der Waals surface area contributed by atoms with E-state index >= 15 is 14.4 Å². The van der Waals surface area contributed by atoms with Gasteiger partial charge in [-0.3, -0.25) is 9.59 Å². The van der Waals surface area contributed by atoms with Gasteiger partial charge >= 0.3 is 47.8 Å². The highest BCUT2D eigenvalue weighted by Crippen LogP contribution is 2.71. The Balaban J connectivity index is 0.853. The average molecular weight is 1660 g/mol. The number of ether oxygens (including phenoxy) is 16. The molecule has 0 radical (unpaired) electrons. The monoisotopic (exact) mass is 1660 g/mol. The molecule has 24 heteroatoms. The van der Waals surface area contributed by atoms with Crippen LogP contribution in [-0.4, -0.2) is 171 Å². The lowest BCUT2D eigenvalue weighted by molar-refractivity contribution is -0.388. The quantitative estimate of drug-likeness (QED) is 0.0367. The maximum Gasteiger partial charge on any atom is 0.338 e. The average Bonchev–Trinajstić information content (AvgIpc) is 1.54. The van der Waals surface area contributed by atoms with Crippen LogP contribution in [0.4, 0.5) is 0 Å². The molecule has 0 amide bonds. The summed E-state index contributed by atoms with van der Waals surface area (Å²) in [5, 5.41) is 0. The minimum absolute atomic E-state index is 0.0327. The topological polar surface area (TPSA) is 284 Å². The molecule has 0 bridgehead atoms. The molecule has 0 aromatic heterocycles. The number of rotatable bonds is 21. The second kappa shape index (κ2) is 35.8. The molecule has 9 aliphatic rings. The molecule has 6 aromatic rings. The van der Waals surface area contributed by atoms with Crippen LogP contribution < -0.4 is 0 Å². The zero-order chi connectivity index (χ0) is 85.5. The summed E-state index contributed by atoms with van der Waals surface area (Å²) < 4.78 is 110. The number of fused-ring (bicyclic) bond motifs is 7. The largest absolute Gasteiger partial charge is 0.462 e. The first-order valence-electron chi connectivity index (χ1n) is 42.8. The number of benzene rings is 6. The first-order chi connectivity index (χ1) is 57.9. The Morgan fingerprint density at radius 2 is 0.826 bits per heavy atom. The SMILES string of the molecule is C[C@@H]1CC[C@@]2(OC1)O[C@H]1C[C@H]3[C@@H]4CC=C5C[C@@H](O[C@@H]6O[C@H](COC(=O)C(C)(C)C)[C@@H](O[C@@H]7O[C@@H](C)[C@H](OC(=O)c8ccccc8)[C@@H](OC(=O)c8ccccc8)[C@H]7OC(=O)c7ccccc7)[C@H](OC(=O)C(C)(C)C)[C@H]6O[C@@H]6O[C@@H](C)[C@H](OC(=O)c7ccccc7)[C@@H](OC(=O)c7ccccc7)[C@H]6OC(=O)c6ccccc6)CC[C@]5(C)[C@H]4CC[C@]3(C)[C@H]1[C@@H]2C. The molecule has 26 atom stereocenters. The van der Waals surface area contributed by atoms with Crippen molar-refractivity contribution in [3.8, 4) is 0 Å². The van der Waals surface area contributed by atoms with Gasteiger partial charge in [0.1, 0.15) is 18.8 Å². The lowest BCUT2D eigenvalue weighted by Crippen LogP contribution is -2.68. The van der Waals surface area contributed by atoms with Gasteiger partial charge in [0.2, 0.25) is 0 Å². The summed E-state index contributed by atoms with van der Waals surface area (Å²) in [6.45, 7) is 22.5. The third-order valence-corrected chi connectivity index (χ3v) is 26.6. The molecular formula is C97H112O24. The van der Waals surface area contributed by atoms with Crippen molar-refractivity contribution in [2.75, 3.05) is 13.2 Å². The van der Waals surface area contributed by atoms with Crippen LogP contribution in [0.15, 0.2) is 194 Å². The predicted octanol–water partition coefficient (Wildman–Crippen LogP) is 15.6. The third-order valence-electron chi connectivity index (χ3n) is 26.6. The number of carbonyl (C=O) groups excluding carboxylic acids is 8. The number of esters is 8. The summed E-state index contributed by atoms with van der Waals surface area (Å²) in [7, 11) is 0. The van der Waals surface area contributed by atoms with Gasteiger partial charge in [-0.1, -0.05) is 149 Å². The second-order valence-corrected chi connectivity index (χ2v) is 36.8. The van der Waals surface area contributed by atoms with E-state index < -0.39 is 169 Å². The van der Waals surface area contributed by atoms with E-state index in [1.807, 2.05) is 0 Å². The molecule has 1 spiro atoms. The van der Waals surface area contributed by atoms with Crippen molar-refractivity contribution >= 4 is 47.8 Å². The smallest absolute Gasteiger partial charge is 0.338 e. The van der Waals surface area contributed by atoms with Gasteiger partial charge in [0.15, 0.2) is 73.5 Å². The predicted molar refractivity (Wildman–Crippen MR) is 437 cm³/mol. The molecule has 15 rings (SSSR count). The molecular weight excluding hydrogens is 1550 g/mol. The van der Waals surface area contributed by atoms with E-state index in [1.54, 1.807) is 170 Å². The second-order valence-electron chi connectivity index (χ2n) is 36.8. The Hall–Kier alpha value is -9.50. The summed E-state index contributed by atoms with van der Waals surface area (Å²) in [5.41, 5.74) is -1.02. The van der Waals surface area contributed by atoms with Gasteiger partial charge in [0, 0.05) is 12.3 Å². The van der Waals surface area contributed by atoms with Gasteiger partial charge in [0.25, 0.3) is 0 Å². The van der Waals surface area contributed by atoms with Gasteiger partial charge in [0.05, 0.1) is 75.2 Å². The minimum Gasteiger partial charge on any atom is -0.462 e. The van der Waals surface area contributed by atoms with Gasteiger partial charge < -0.3 is 75.8 Å². The highest BCUT2D eigenvalue weighted by atomic mass is 16.8. The summed E-state index contributed by atoms with van der Waals surface area (Å²) >= 11 is 0. The van der Waals surface area contributed by atoms with Crippen molar-refractivity contribution < 1.29 is 114 Å². The Bertz CT molecular complexity index is 4680. The van der Waals surface area contributed by atoms with Gasteiger partial charge in [-0.15, -0.1) is 0 Å². The van der Waals surface area contributed by atoms with Gasteiger partial charge in [-0.25, -0.2) is 28.8 Å². The molecule has 5 saturated heterocycles. The van der Waals surface area contributed by atoms with Crippen LogP contribution in [0.25, 0.3) is 0 Å². The Morgan fingerprint density at radius 3 is 1.25 bits per heavy atom. The summed E-state index contributed by atoms with van der Waals surface area (Å²) in [6.07, 6.45) is -16.7. The van der Waals surface area contributed by atoms with Crippen LogP contribution in [0.1, 0.15) is 203 Å². The number of carbonyl (C=O) groups is 8. The number of hydrogen-bond donors (Lipinski definition) is 0. The van der Waals surface area contributed by atoms with Crippen LogP contribution in [0, 0.1) is 57.2 Å². The normalized spacial score (nSPS) is 34.9. The van der Waals surface area contributed by atoms with Crippen molar-refractivity contribution in [1.82, 2.24) is 0 Å². The Labute approximate surface area is 706 Å².